The molecule has 0 aliphatic carbocycles. The van der Waals surface area contributed by atoms with Crippen LogP contribution in [0.25, 0.3) is 10.8 Å². The second-order valence-corrected chi connectivity index (χ2v) is 8.28. The van der Waals surface area contributed by atoms with Crippen LogP contribution in [0.2, 0.25) is 10.0 Å². The van der Waals surface area contributed by atoms with Gasteiger partial charge < -0.3 is 9.47 Å². The molecule has 1 N–H and O–H groups in total. The highest BCUT2D eigenvalue weighted by atomic mass is 35.5. The summed E-state index contributed by atoms with van der Waals surface area (Å²) in [6.45, 7) is 0.139. The summed E-state index contributed by atoms with van der Waals surface area (Å²) < 4.78 is 11.1. The molecular formula is C27H19Cl2N3O3. The average Bonchev–Trinajstić information content (AvgIpc) is 2.87. The number of amides is 1. The zero-order chi connectivity index (χ0) is 24.8. The maximum atomic E-state index is 12.7. The van der Waals surface area contributed by atoms with Gasteiger partial charge in [0.1, 0.15) is 12.4 Å². The minimum Gasteiger partial charge on any atom is -0.496 e. The fourth-order valence-electron chi connectivity index (χ4n) is 3.49. The molecule has 0 aliphatic rings. The zero-order valence-corrected chi connectivity index (χ0v) is 20.1. The third-order valence-corrected chi connectivity index (χ3v) is 5.78. The lowest BCUT2D eigenvalue weighted by atomic mass is 10.1. The number of hydrogen-bond donors (Lipinski definition) is 1. The van der Waals surface area contributed by atoms with E-state index in [2.05, 4.69) is 16.6 Å². The van der Waals surface area contributed by atoms with Gasteiger partial charge in [-0.15, -0.1) is 0 Å². The lowest BCUT2D eigenvalue weighted by Crippen LogP contribution is -2.18. The Morgan fingerprint density at radius 1 is 1.03 bits per heavy atom. The Kier molecular flexibility index (Phi) is 7.51. The van der Waals surface area contributed by atoms with Gasteiger partial charge in [-0.3, -0.25) is 4.79 Å². The van der Waals surface area contributed by atoms with E-state index in [9.17, 15) is 10.1 Å². The third kappa shape index (κ3) is 5.55. The molecule has 0 saturated heterocycles. The Morgan fingerprint density at radius 3 is 2.37 bits per heavy atom. The second-order valence-electron chi connectivity index (χ2n) is 7.47. The number of methoxy groups -OCH3 is 1. The topological polar surface area (TPSA) is 83.7 Å². The molecule has 0 aliphatic heterocycles. The molecule has 0 saturated carbocycles. The number of hydrogen-bond acceptors (Lipinski definition) is 5. The van der Waals surface area contributed by atoms with Crippen LogP contribution in [-0.2, 0) is 6.61 Å². The summed E-state index contributed by atoms with van der Waals surface area (Å²) in [5.41, 5.74) is 4.67. The first kappa shape index (κ1) is 24.1. The van der Waals surface area contributed by atoms with Crippen molar-refractivity contribution in [3.05, 3.63) is 105 Å². The maximum Gasteiger partial charge on any atom is 0.275 e. The summed E-state index contributed by atoms with van der Waals surface area (Å²) in [6.07, 6.45) is 1.43. The van der Waals surface area contributed by atoms with Gasteiger partial charge in [0.25, 0.3) is 5.91 Å². The van der Waals surface area contributed by atoms with E-state index in [1.165, 1.54) is 13.3 Å². The van der Waals surface area contributed by atoms with Crippen LogP contribution in [0.5, 0.6) is 11.5 Å². The highest BCUT2D eigenvalue weighted by Crippen LogP contribution is 2.34. The molecular weight excluding hydrogens is 485 g/mol. The number of nitriles is 1. The van der Waals surface area contributed by atoms with Crippen molar-refractivity contribution in [2.24, 2.45) is 5.10 Å². The first-order valence-electron chi connectivity index (χ1n) is 10.5. The van der Waals surface area contributed by atoms with Crippen molar-refractivity contribution in [3.8, 4) is 17.6 Å². The smallest absolute Gasteiger partial charge is 0.275 e. The standard InChI is InChI=1S/C27H19Cl2N3O3/c1-34-25-13-19-7-3-2-6-18(19)12-22(25)27(33)32-31-15-17-10-23(28)26(24(29)11-17)35-16-21-9-5-4-8-20(21)14-30/h2-13,15H,16H2,1H3,(H,32,33)/b31-15-. The number of carbonyl (C=O) groups is 1. The average molecular weight is 504 g/mol. The first-order chi connectivity index (χ1) is 17.0. The van der Waals surface area contributed by atoms with Gasteiger partial charge in [0, 0.05) is 5.56 Å². The van der Waals surface area contributed by atoms with E-state index in [-0.39, 0.29) is 16.7 Å². The predicted molar refractivity (Wildman–Crippen MR) is 138 cm³/mol. The Bertz CT molecular complexity index is 1460. The van der Waals surface area contributed by atoms with E-state index in [1.807, 2.05) is 30.3 Å². The van der Waals surface area contributed by atoms with Gasteiger partial charge in [0.15, 0.2) is 5.75 Å². The first-order valence-corrected chi connectivity index (χ1v) is 11.3. The highest BCUT2D eigenvalue weighted by molar-refractivity contribution is 6.37. The van der Waals surface area contributed by atoms with Crippen LogP contribution < -0.4 is 14.9 Å². The summed E-state index contributed by atoms with van der Waals surface area (Å²) in [5.74, 6) is 0.322. The monoisotopic (exact) mass is 503 g/mol. The van der Waals surface area contributed by atoms with E-state index in [0.29, 0.717) is 28.2 Å². The molecule has 6 nitrogen and oxygen atoms in total. The maximum absolute atomic E-state index is 12.7. The number of nitrogens with one attached hydrogen (secondary N) is 1. The van der Waals surface area contributed by atoms with E-state index in [0.717, 1.165) is 16.3 Å². The molecule has 0 unspecified atom stereocenters. The highest BCUT2D eigenvalue weighted by Gasteiger charge is 2.14. The van der Waals surface area contributed by atoms with Crippen molar-refractivity contribution in [1.29, 1.82) is 5.26 Å². The van der Waals surface area contributed by atoms with Gasteiger partial charge in [-0.2, -0.15) is 10.4 Å². The predicted octanol–water partition coefficient (Wildman–Crippen LogP) is 6.37. The molecule has 8 heteroatoms. The van der Waals surface area contributed by atoms with E-state index < -0.39 is 5.91 Å². The molecule has 4 rings (SSSR count). The Morgan fingerprint density at radius 2 is 1.69 bits per heavy atom. The van der Waals surface area contributed by atoms with Crippen LogP contribution in [0.4, 0.5) is 0 Å². The molecule has 174 valence electrons. The Balaban J connectivity index is 1.46. The summed E-state index contributed by atoms with van der Waals surface area (Å²) in [6, 6.07) is 23.7. The number of carbonyl (C=O) groups excluding carboxylic acids is 1. The van der Waals surface area contributed by atoms with E-state index >= 15 is 0 Å². The quantitative estimate of drug-likeness (QED) is 0.234. The number of benzene rings is 4. The zero-order valence-electron chi connectivity index (χ0n) is 18.6. The van der Waals surface area contributed by atoms with Crippen molar-refractivity contribution in [2.75, 3.05) is 7.11 Å². The molecule has 35 heavy (non-hydrogen) atoms. The SMILES string of the molecule is COc1cc2ccccc2cc1C(=O)N/N=C\c1cc(Cl)c(OCc2ccccc2C#N)c(Cl)c1. The number of fused-ring (bicyclic) bond motifs is 1. The van der Waals surface area contributed by atoms with Gasteiger partial charge in [-0.05, 0) is 46.7 Å². The van der Waals surface area contributed by atoms with Crippen LogP contribution in [0, 0.1) is 11.3 Å². The van der Waals surface area contributed by atoms with Crippen molar-refractivity contribution in [3.63, 3.8) is 0 Å². The minimum absolute atomic E-state index is 0.139. The molecule has 4 aromatic rings. The van der Waals surface area contributed by atoms with Crippen molar-refractivity contribution < 1.29 is 14.3 Å². The minimum atomic E-state index is -0.419. The molecule has 0 atom stereocenters. The number of hydrazone groups is 1. The lowest BCUT2D eigenvalue weighted by molar-refractivity contribution is 0.0952. The molecule has 4 aromatic carbocycles. The Hall–Kier alpha value is -4.05. The lowest BCUT2D eigenvalue weighted by Gasteiger charge is -2.12. The summed E-state index contributed by atoms with van der Waals surface area (Å²) in [5, 5.41) is 15.7. The molecule has 0 radical (unpaired) electrons. The normalized spacial score (nSPS) is 10.8. The second kappa shape index (κ2) is 10.9. The van der Waals surface area contributed by atoms with Gasteiger partial charge in [-0.1, -0.05) is 65.7 Å². The molecule has 0 aromatic heterocycles. The number of halogens is 2. The molecule has 0 spiro atoms. The molecule has 1 amide bonds. The largest absolute Gasteiger partial charge is 0.496 e. The summed E-state index contributed by atoms with van der Waals surface area (Å²) in [7, 11) is 1.51. The fraction of sp³-hybridized carbons (Fsp3) is 0.0741. The van der Waals surface area contributed by atoms with Crippen molar-refractivity contribution >= 4 is 46.1 Å². The Labute approximate surface area is 212 Å². The van der Waals surface area contributed by atoms with Crippen LogP contribution >= 0.6 is 23.2 Å². The van der Waals surface area contributed by atoms with Gasteiger partial charge in [0.2, 0.25) is 0 Å². The van der Waals surface area contributed by atoms with Crippen molar-refractivity contribution in [2.45, 2.75) is 6.61 Å². The van der Waals surface area contributed by atoms with E-state index in [4.69, 9.17) is 32.7 Å². The van der Waals surface area contributed by atoms with Crippen LogP contribution in [-0.4, -0.2) is 19.2 Å². The van der Waals surface area contributed by atoms with E-state index in [1.54, 1.807) is 42.5 Å². The van der Waals surface area contributed by atoms with Crippen LogP contribution in [0.3, 0.4) is 0 Å². The molecule has 0 heterocycles. The van der Waals surface area contributed by atoms with Crippen LogP contribution in [0.1, 0.15) is 27.0 Å². The number of rotatable bonds is 7. The third-order valence-electron chi connectivity index (χ3n) is 5.22. The summed E-state index contributed by atoms with van der Waals surface area (Å²) >= 11 is 12.7. The molecule has 0 bridgehead atoms. The fourth-order valence-corrected chi connectivity index (χ4v) is 4.10. The van der Waals surface area contributed by atoms with Gasteiger partial charge >= 0.3 is 0 Å². The van der Waals surface area contributed by atoms with Crippen molar-refractivity contribution in [1.82, 2.24) is 5.43 Å². The number of nitrogens with zero attached hydrogens (tertiary/aromatic N) is 2. The number of ether oxygens (including phenoxy) is 2. The molecule has 0 fully saturated rings. The van der Waals surface area contributed by atoms with Crippen LogP contribution in [0.15, 0.2) is 77.9 Å². The summed E-state index contributed by atoms with van der Waals surface area (Å²) in [4.78, 5) is 12.7. The van der Waals surface area contributed by atoms with Gasteiger partial charge in [-0.25, -0.2) is 5.43 Å². The van der Waals surface area contributed by atoms with Gasteiger partial charge in [0.05, 0.1) is 40.6 Å².